The lowest BCUT2D eigenvalue weighted by Gasteiger charge is -2.30. The second-order valence-electron chi connectivity index (χ2n) is 5.37. The van der Waals surface area contributed by atoms with E-state index in [1.807, 2.05) is 4.90 Å². The lowest BCUT2D eigenvalue weighted by molar-refractivity contribution is 0.0985. The Labute approximate surface area is 124 Å². The van der Waals surface area contributed by atoms with E-state index in [9.17, 15) is 4.79 Å². The Bertz CT molecular complexity index is 681. The van der Waals surface area contributed by atoms with Crippen LogP contribution >= 0.6 is 0 Å². The number of carbonyl (C=O) groups excluding carboxylic acids is 1. The van der Waals surface area contributed by atoms with Gasteiger partial charge in [0.25, 0.3) is 5.91 Å². The molecule has 0 saturated carbocycles. The maximum absolute atomic E-state index is 12.8. The van der Waals surface area contributed by atoms with Crippen LogP contribution in [0.2, 0.25) is 0 Å². The van der Waals surface area contributed by atoms with Crippen LogP contribution in [0.15, 0.2) is 36.5 Å². The number of rotatable bonds is 2. The molecule has 21 heavy (non-hydrogen) atoms. The second kappa shape index (κ2) is 5.56. The first-order valence-corrected chi connectivity index (χ1v) is 7.24. The monoisotopic (exact) mass is 281 g/mol. The smallest absolute Gasteiger partial charge is 0.258 e. The molecule has 1 aromatic carbocycles. The van der Waals surface area contributed by atoms with Crippen LogP contribution in [0.1, 0.15) is 27.9 Å². The third kappa shape index (κ3) is 2.61. The number of pyridine rings is 1. The number of aromatic nitrogens is 1. The zero-order valence-electron chi connectivity index (χ0n) is 12.4. The maximum Gasteiger partial charge on any atom is 0.258 e. The summed E-state index contributed by atoms with van der Waals surface area (Å²) in [4.78, 5) is 18.8. The molecule has 0 aliphatic carbocycles. The van der Waals surface area contributed by atoms with Gasteiger partial charge in [-0.05, 0) is 43.5 Å². The van der Waals surface area contributed by atoms with Crippen molar-refractivity contribution >= 4 is 17.4 Å². The fourth-order valence-electron chi connectivity index (χ4n) is 2.79. The van der Waals surface area contributed by atoms with E-state index in [1.165, 1.54) is 11.1 Å². The van der Waals surface area contributed by atoms with E-state index in [1.54, 1.807) is 25.4 Å². The number of anilines is 2. The number of amides is 1. The quantitative estimate of drug-likeness (QED) is 0.920. The molecule has 4 heteroatoms. The topological polar surface area (TPSA) is 45.2 Å². The predicted octanol–water partition coefficient (Wildman–Crippen LogP) is 3.02. The Morgan fingerprint density at radius 1 is 1.29 bits per heavy atom. The van der Waals surface area contributed by atoms with Crippen LogP contribution in [0.5, 0.6) is 0 Å². The van der Waals surface area contributed by atoms with Crippen LogP contribution < -0.4 is 10.2 Å². The molecule has 2 aromatic rings. The van der Waals surface area contributed by atoms with Crippen molar-refractivity contribution in [1.29, 1.82) is 0 Å². The molecule has 1 aromatic heterocycles. The molecule has 0 bridgehead atoms. The Morgan fingerprint density at radius 2 is 2.14 bits per heavy atom. The van der Waals surface area contributed by atoms with Gasteiger partial charge < -0.3 is 10.2 Å². The van der Waals surface area contributed by atoms with Crippen LogP contribution in [0.4, 0.5) is 11.5 Å². The minimum Gasteiger partial charge on any atom is -0.373 e. The molecular weight excluding hydrogens is 262 g/mol. The fourth-order valence-corrected chi connectivity index (χ4v) is 2.79. The molecule has 108 valence electrons. The van der Waals surface area contributed by atoms with E-state index in [0.29, 0.717) is 11.4 Å². The van der Waals surface area contributed by atoms with Crippen LogP contribution in [0, 0.1) is 6.92 Å². The highest BCUT2D eigenvalue weighted by molar-refractivity contribution is 6.07. The summed E-state index contributed by atoms with van der Waals surface area (Å²) in [5.41, 5.74) is 4.21. The summed E-state index contributed by atoms with van der Waals surface area (Å²) in [6, 6.07) is 9.87. The van der Waals surface area contributed by atoms with Crippen molar-refractivity contribution in [3.8, 4) is 0 Å². The summed E-state index contributed by atoms with van der Waals surface area (Å²) < 4.78 is 0. The van der Waals surface area contributed by atoms with Gasteiger partial charge in [0.15, 0.2) is 0 Å². The molecular formula is C17H19N3O. The number of aryl methyl sites for hydroxylation is 2. The molecule has 0 saturated heterocycles. The first kappa shape index (κ1) is 13.6. The predicted molar refractivity (Wildman–Crippen MR) is 85.0 cm³/mol. The highest BCUT2D eigenvalue weighted by atomic mass is 16.2. The second-order valence-corrected chi connectivity index (χ2v) is 5.37. The van der Waals surface area contributed by atoms with Gasteiger partial charge in [-0.2, -0.15) is 0 Å². The van der Waals surface area contributed by atoms with E-state index in [4.69, 9.17) is 0 Å². The van der Waals surface area contributed by atoms with Crippen LogP contribution in [-0.2, 0) is 6.42 Å². The van der Waals surface area contributed by atoms with E-state index < -0.39 is 0 Å². The number of nitrogens with one attached hydrogen (secondary N) is 1. The van der Waals surface area contributed by atoms with Gasteiger partial charge in [-0.1, -0.05) is 17.7 Å². The van der Waals surface area contributed by atoms with Gasteiger partial charge in [0.05, 0.1) is 0 Å². The Hall–Kier alpha value is -2.36. The largest absolute Gasteiger partial charge is 0.373 e. The van der Waals surface area contributed by atoms with Gasteiger partial charge in [-0.25, -0.2) is 4.98 Å². The molecule has 0 radical (unpaired) electrons. The molecule has 1 aliphatic heterocycles. The molecule has 1 aliphatic rings. The molecule has 0 spiro atoms. The Kier molecular flexibility index (Phi) is 3.60. The van der Waals surface area contributed by atoms with Gasteiger partial charge in [-0.15, -0.1) is 0 Å². The summed E-state index contributed by atoms with van der Waals surface area (Å²) in [6.45, 7) is 2.86. The van der Waals surface area contributed by atoms with Crippen molar-refractivity contribution < 1.29 is 4.79 Å². The molecule has 1 N–H and O–H groups in total. The van der Waals surface area contributed by atoms with Gasteiger partial charge in [0, 0.05) is 31.0 Å². The summed E-state index contributed by atoms with van der Waals surface area (Å²) in [6.07, 6.45) is 3.71. The minimum atomic E-state index is 0.0405. The molecule has 0 fully saturated rings. The standard InChI is InChI=1S/C17H19N3O/c1-12-5-6-15-13(10-12)4-3-9-20(15)17(21)14-7-8-19-16(11-14)18-2/h5-8,10-11H,3-4,9H2,1-2H3,(H,18,19). The average molecular weight is 281 g/mol. The van der Waals surface area contributed by atoms with Crippen molar-refractivity contribution in [2.75, 3.05) is 23.8 Å². The molecule has 2 heterocycles. The van der Waals surface area contributed by atoms with Crippen LogP contribution in [-0.4, -0.2) is 24.5 Å². The number of nitrogens with zero attached hydrogens (tertiary/aromatic N) is 2. The highest BCUT2D eigenvalue weighted by Crippen LogP contribution is 2.29. The SMILES string of the molecule is CNc1cc(C(=O)N2CCCc3cc(C)ccc32)ccn1. The van der Waals surface area contributed by atoms with Crippen LogP contribution in [0.3, 0.4) is 0 Å². The van der Waals surface area contributed by atoms with Crippen LogP contribution in [0.25, 0.3) is 0 Å². The van der Waals surface area contributed by atoms with Gasteiger partial charge in [-0.3, -0.25) is 4.79 Å². The zero-order valence-corrected chi connectivity index (χ0v) is 12.4. The zero-order chi connectivity index (χ0) is 14.8. The number of carbonyl (C=O) groups is 1. The van der Waals surface area contributed by atoms with Crippen molar-refractivity contribution in [2.45, 2.75) is 19.8 Å². The summed E-state index contributed by atoms with van der Waals surface area (Å²) in [5, 5.41) is 2.97. The molecule has 4 nitrogen and oxygen atoms in total. The highest BCUT2D eigenvalue weighted by Gasteiger charge is 2.23. The lowest BCUT2D eigenvalue weighted by atomic mass is 9.99. The lowest BCUT2D eigenvalue weighted by Crippen LogP contribution is -2.35. The summed E-state index contributed by atoms with van der Waals surface area (Å²) in [5.74, 6) is 0.751. The van der Waals surface area contributed by atoms with Gasteiger partial charge >= 0.3 is 0 Å². The Morgan fingerprint density at radius 3 is 2.95 bits per heavy atom. The minimum absolute atomic E-state index is 0.0405. The number of hydrogen-bond acceptors (Lipinski definition) is 3. The normalized spacial score (nSPS) is 13.7. The summed E-state index contributed by atoms with van der Waals surface area (Å²) >= 11 is 0. The van der Waals surface area contributed by atoms with Crippen molar-refractivity contribution in [3.63, 3.8) is 0 Å². The van der Waals surface area contributed by atoms with E-state index in [-0.39, 0.29) is 5.91 Å². The molecule has 3 rings (SSSR count). The molecule has 1 amide bonds. The Balaban J connectivity index is 1.96. The molecule has 0 unspecified atom stereocenters. The average Bonchev–Trinajstić information content (AvgIpc) is 2.53. The van der Waals surface area contributed by atoms with Crippen molar-refractivity contribution in [1.82, 2.24) is 4.98 Å². The number of benzene rings is 1. The first-order valence-electron chi connectivity index (χ1n) is 7.24. The summed E-state index contributed by atoms with van der Waals surface area (Å²) in [7, 11) is 1.80. The molecule has 0 atom stereocenters. The third-order valence-corrected chi connectivity index (χ3v) is 3.86. The van der Waals surface area contributed by atoms with Gasteiger partial charge in [0.1, 0.15) is 5.82 Å². The van der Waals surface area contributed by atoms with Crippen molar-refractivity contribution in [3.05, 3.63) is 53.2 Å². The van der Waals surface area contributed by atoms with E-state index in [0.717, 1.165) is 25.1 Å². The fraction of sp³-hybridized carbons (Fsp3) is 0.294. The number of fused-ring (bicyclic) bond motifs is 1. The van der Waals surface area contributed by atoms with E-state index >= 15 is 0 Å². The number of hydrogen-bond donors (Lipinski definition) is 1. The third-order valence-electron chi connectivity index (χ3n) is 3.86. The van der Waals surface area contributed by atoms with E-state index in [2.05, 4.69) is 35.4 Å². The first-order chi connectivity index (χ1) is 10.2. The van der Waals surface area contributed by atoms with Gasteiger partial charge in [0.2, 0.25) is 0 Å². The maximum atomic E-state index is 12.8. The van der Waals surface area contributed by atoms with Crippen molar-refractivity contribution in [2.24, 2.45) is 0 Å².